The molecule has 0 spiro atoms. The normalized spacial score (nSPS) is 11.9. The van der Waals surface area contributed by atoms with Crippen LogP contribution in [-0.2, 0) is 0 Å². The van der Waals surface area contributed by atoms with Gasteiger partial charge in [0.15, 0.2) is 0 Å². The summed E-state index contributed by atoms with van der Waals surface area (Å²) in [5.74, 6) is 1.33. The lowest BCUT2D eigenvalue weighted by molar-refractivity contribution is 0.338. The third-order valence-electron chi connectivity index (χ3n) is 5.07. The highest BCUT2D eigenvalue weighted by molar-refractivity contribution is 7.83. The minimum absolute atomic E-state index is 0.0687. The highest BCUT2D eigenvalue weighted by atomic mass is 31.2. The van der Waals surface area contributed by atoms with Crippen molar-refractivity contribution >= 4 is 26.5 Å². The molecule has 2 rings (SSSR count). The van der Waals surface area contributed by atoms with Crippen molar-refractivity contribution < 1.29 is 0 Å². The van der Waals surface area contributed by atoms with E-state index in [1.54, 1.807) is 0 Å². The summed E-state index contributed by atoms with van der Waals surface area (Å²) in [6, 6.07) is 22.4. The molecule has 0 aromatic heterocycles. The third-order valence-corrected chi connectivity index (χ3v) is 11.2. The summed E-state index contributed by atoms with van der Waals surface area (Å²) >= 11 is 0. The number of hydrogen-bond acceptors (Lipinski definition) is 2. The van der Waals surface area contributed by atoms with Gasteiger partial charge in [-0.3, -0.25) is 9.80 Å². The van der Waals surface area contributed by atoms with Gasteiger partial charge in [0, 0.05) is 12.6 Å². The Morgan fingerprint density at radius 2 is 0.963 bits per heavy atom. The van der Waals surface area contributed by atoms with Crippen LogP contribution in [0, 0.1) is 0 Å². The Balaban J connectivity index is 2.27. The van der Waals surface area contributed by atoms with Crippen molar-refractivity contribution in [3.8, 4) is 0 Å². The van der Waals surface area contributed by atoms with E-state index >= 15 is 0 Å². The van der Waals surface area contributed by atoms with Crippen LogP contribution in [0.4, 0.5) is 0 Å². The van der Waals surface area contributed by atoms with Crippen molar-refractivity contribution in [3.05, 3.63) is 60.7 Å². The zero-order chi connectivity index (χ0) is 19.5. The molecule has 2 nitrogen and oxygen atoms in total. The molecule has 0 amide bonds. The van der Waals surface area contributed by atoms with Crippen LogP contribution in [0.5, 0.6) is 0 Å². The molecule has 2 aromatic carbocycles. The van der Waals surface area contributed by atoms with E-state index in [1.807, 2.05) is 0 Å². The lowest BCUT2D eigenvalue weighted by Gasteiger charge is -2.33. The molecule has 0 heterocycles. The molecule has 0 bridgehead atoms. The lowest BCUT2D eigenvalue weighted by Crippen LogP contribution is -2.29. The molecule has 148 valence electrons. The van der Waals surface area contributed by atoms with Crippen LogP contribution >= 0.6 is 15.8 Å². The quantitative estimate of drug-likeness (QED) is 0.453. The minimum atomic E-state index is -0.296. The first-order chi connectivity index (χ1) is 13.2. The van der Waals surface area contributed by atoms with Crippen LogP contribution in [0.1, 0.15) is 27.7 Å². The topological polar surface area (TPSA) is 6.48 Å². The average molecular weight is 403 g/mol. The smallest absolute Gasteiger partial charge is 0.0198 e. The Morgan fingerprint density at radius 3 is 1.30 bits per heavy atom. The van der Waals surface area contributed by atoms with Crippen LogP contribution in [0.15, 0.2) is 60.7 Å². The monoisotopic (exact) mass is 402 g/mol. The van der Waals surface area contributed by atoms with Crippen molar-refractivity contribution in [2.24, 2.45) is 0 Å². The second-order valence-corrected chi connectivity index (χ2v) is 11.7. The van der Waals surface area contributed by atoms with Gasteiger partial charge in [-0.2, -0.15) is 0 Å². The van der Waals surface area contributed by atoms with Crippen LogP contribution in [-0.4, -0.2) is 54.5 Å². The fraction of sp³-hybridized carbons (Fsp3) is 0.478. The van der Waals surface area contributed by atoms with E-state index in [9.17, 15) is 0 Å². The summed E-state index contributed by atoms with van der Waals surface area (Å²) in [7, 11) is -0.365. The van der Waals surface area contributed by atoms with E-state index in [4.69, 9.17) is 0 Å². The van der Waals surface area contributed by atoms with E-state index in [2.05, 4.69) is 98.2 Å². The molecule has 0 N–H and O–H groups in total. The molecular weight excluding hydrogens is 366 g/mol. The fourth-order valence-corrected chi connectivity index (χ4v) is 10.3. The molecule has 0 radical (unpaired) electrons. The standard InChI is InChI=1S/C23H36N2P2/c1-5-24(6-2)19-26(20-25(7-3)8-4)21-27(22-15-11-9-12-16-22)23-17-13-10-14-18-23/h9-18H,5-8,19-21H2,1-4H3. The first-order valence-corrected chi connectivity index (χ1v) is 13.7. The highest BCUT2D eigenvalue weighted by Crippen LogP contribution is 2.50. The highest BCUT2D eigenvalue weighted by Gasteiger charge is 2.22. The Morgan fingerprint density at radius 1 is 0.593 bits per heavy atom. The number of nitrogens with zero attached hydrogens (tertiary/aromatic N) is 2. The summed E-state index contributed by atoms with van der Waals surface area (Å²) in [5.41, 5.74) is 0. The predicted molar refractivity (Wildman–Crippen MR) is 126 cm³/mol. The molecule has 4 heteroatoms. The summed E-state index contributed by atoms with van der Waals surface area (Å²) in [4.78, 5) is 5.25. The summed E-state index contributed by atoms with van der Waals surface area (Å²) < 4.78 is 0. The van der Waals surface area contributed by atoms with Crippen molar-refractivity contribution in [2.45, 2.75) is 27.7 Å². The number of hydrogen-bond donors (Lipinski definition) is 0. The Bertz CT molecular complexity index is 559. The second-order valence-electron chi connectivity index (χ2n) is 6.80. The maximum atomic E-state index is 2.62. The van der Waals surface area contributed by atoms with Crippen molar-refractivity contribution in [3.63, 3.8) is 0 Å². The first kappa shape index (κ1) is 22.5. The maximum absolute atomic E-state index is 2.62. The van der Waals surface area contributed by atoms with E-state index in [0.717, 1.165) is 26.2 Å². The zero-order valence-corrected chi connectivity index (χ0v) is 19.3. The molecule has 0 fully saturated rings. The van der Waals surface area contributed by atoms with Crippen molar-refractivity contribution in [1.82, 2.24) is 9.80 Å². The molecular formula is C23H36N2P2. The van der Waals surface area contributed by atoms with Gasteiger partial charge in [0.2, 0.25) is 0 Å². The van der Waals surface area contributed by atoms with E-state index < -0.39 is 0 Å². The predicted octanol–water partition coefficient (Wildman–Crippen LogP) is 5.16. The Labute approximate surface area is 169 Å². The molecule has 0 aliphatic heterocycles. The average Bonchev–Trinajstić information content (AvgIpc) is 2.74. The molecule has 0 saturated carbocycles. The van der Waals surface area contributed by atoms with Gasteiger partial charge in [0.1, 0.15) is 0 Å². The number of rotatable bonds is 12. The lowest BCUT2D eigenvalue weighted by atomic mass is 10.4. The van der Waals surface area contributed by atoms with Gasteiger partial charge in [-0.15, -0.1) is 0 Å². The fourth-order valence-electron chi connectivity index (χ4n) is 3.28. The Hall–Kier alpha value is -0.780. The van der Waals surface area contributed by atoms with Gasteiger partial charge in [-0.25, -0.2) is 0 Å². The minimum Gasteiger partial charge on any atom is -0.300 e. The van der Waals surface area contributed by atoms with Crippen LogP contribution in [0.2, 0.25) is 0 Å². The molecule has 0 saturated heterocycles. The van der Waals surface area contributed by atoms with E-state index in [-0.39, 0.29) is 15.8 Å². The molecule has 0 unspecified atom stereocenters. The van der Waals surface area contributed by atoms with Gasteiger partial charge >= 0.3 is 0 Å². The number of benzene rings is 2. The van der Waals surface area contributed by atoms with Crippen LogP contribution < -0.4 is 10.6 Å². The zero-order valence-electron chi connectivity index (χ0n) is 17.5. The summed E-state index contributed by atoms with van der Waals surface area (Å²) in [6.45, 7) is 13.8. The van der Waals surface area contributed by atoms with Gasteiger partial charge in [0.25, 0.3) is 0 Å². The van der Waals surface area contributed by atoms with E-state index in [1.165, 1.54) is 29.1 Å². The molecule has 0 aliphatic rings. The molecule has 2 aromatic rings. The van der Waals surface area contributed by atoms with Gasteiger partial charge in [-0.05, 0) is 50.6 Å². The third kappa shape index (κ3) is 7.28. The molecule has 0 aliphatic carbocycles. The van der Waals surface area contributed by atoms with E-state index in [0.29, 0.717) is 0 Å². The van der Waals surface area contributed by atoms with Gasteiger partial charge < -0.3 is 0 Å². The van der Waals surface area contributed by atoms with Crippen molar-refractivity contribution in [2.75, 3.05) is 44.7 Å². The maximum Gasteiger partial charge on any atom is 0.0198 e. The SMILES string of the molecule is CCN(CC)CP(CN(CC)CC)CP(c1ccccc1)c1ccccc1. The van der Waals surface area contributed by atoms with Gasteiger partial charge in [-0.1, -0.05) is 96.3 Å². The molecule has 27 heavy (non-hydrogen) atoms. The molecule has 0 atom stereocenters. The largest absolute Gasteiger partial charge is 0.300 e. The first-order valence-electron chi connectivity index (χ1n) is 10.3. The van der Waals surface area contributed by atoms with Crippen molar-refractivity contribution in [1.29, 1.82) is 0 Å². The second kappa shape index (κ2) is 12.6. The Kier molecular flexibility index (Phi) is 10.5. The van der Waals surface area contributed by atoms with Crippen LogP contribution in [0.25, 0.3) is 0 Å². The summed E-state index contributed by atoms with van der Waals surface area (Å²) in [5, 5.41) is 3.04. The van der Waals surface area contributed by atoms with Gasteiger partial charge in [0.05, 0.1) is 0 Å². The summed E-state index contributed by atoms with van der Waals surface area (Å²) in [6.07, 6.45) is 2.52. The van der Waals surface area contributed by atoms with Crippen LogP contribution in [0.3, 0.4) is 0 Å².